The third kappa shape index (κ3) is 4.21. The van der Waals surface area contributed by atoms with Crippen LogP contribution in [0.1, 0.15) is 24.2 Å². The van der Waals surface area contributed by atoms with Crippen LogP contribution in [-0.2, 0) is 9.59 Å². The number of amides is 2. The number of esters is 1. The van der Waals surface area contributed by atoms with Gasteiger partial charge in [0.05, 0.1) is 11.3 Å². The molecule has 7 heteroatoms. The lowest BCUT2D eigenvalue weighted by Crippen LogP contribution is -2.35. The summed E-state index contributed by atoms with van der Waals surface area (Å²) >= 11 is 9.19. The number of nitrogens with zero attached hydrogens (tertiary/aromatic N) is 1. The van der Waals surface area contributed by atoms with Crippen LogP contribution in [-0.4, -0.2) is 17.8 Å². The molecule has 124 valence electrons. The van der Waals surface area contributed by atoms with Crippen molar-refractivity contribution < 1.29 is 19.1 Å². The smallest absolute Gasteiger partial charge is 0.308 e. The number of carbonyl (C=O) groups excluding carboxylic acids is 3. The van der Waals surface area contributed by atoms with Crippen LogP contribution in [0.2, 0.25) is 5.02 Å². The Morgan fingerprint density at radius 2 is 1.67 bits per heavy atom. The SMILES string of the molecule is CC(=O)Oc1cc(Cl)ccc1C(=O)N(C(C)=O)c1ccc(Br)cc1. The minimum Gasteiger partial charge on any atom is -0.426 e. The Labute approximate surface area is 152 Å². The first-order valence-corrected chi connectivity index (χ1v) is 8.05. The molecule has 2 aromatic carbocycles. The largest absolute Gasteiger partial charge is 0.426 e. The first-order chi connectivity index (χ1) is 11.3. The Bertz CT molecular complexity index is 805. The minimum absolute atomic E-state index is 0.00311. The number of imide groups is 1. The van der Waals surface area contributed by atoms with Crippen LogP contribution in [0.3, 0.4) is 0 Å². The summed E-state index contributed by atoms with van der Waals surface area (Å²) in [4.78, 5) is 37.1. The second kappa shape index (κ2) is 7.59. The van der Waals surface area contributed by atoms with Crippen LogP contribution in [0.15, 0.2) is 46.9 Å². The zero-order valence-corrected chi connectivity index (χ0v) is 15.2. The summed E-state index contributed by atoms with van der Waals surface area (Å²) in [5.74, 6) is -1.67. The second-order valence-electron chi connectivity index (χ2n) is 4.87. The highest BCUT2D eigenvalue weighted by Crippen LogP contribution is 2.28. The lowest BCUT2D eigenvalue weighted by molar-refractivity contribution is -0.131. The molecule has 0 bridgehead atoms. The van der Waals surface area contributed by atoms with Crippen molar-refractivity contribution in [2.45, 2.75) is 13.8 Å². The molecule has 5 nitrogen and oxygen atoms in total. The quantitative estimate of drug-likeness (QED) is 0.561. The molecule has 0 heterocycles. The molecule has 0 aliphatic heterocycles. The maximum Gasteiger partial charge on any atom is 0.308 e. The summed E-state index contributed by atoms with van der Waals surface area (Å²) in [6, 6.07) is 11.0. The van der Waals surface area contributed by atoms with Crippen LogP contribution in [0.25, 0.3) is 0 Å². The molecular formula is C17H13BrClNO4. The number of rotatable bonds is 3. The molecule has 0 aromatic heterocycles. The normalized spacial score (nSPS) is 10.2. The second-order valence-corrected chi connectivity index (χ2v) is 6.22. The number of hydrogen-bond acceptors (Lipinski definition) is 4. The molecule has 0 fully saturated rings. The van der Waals surface area contributed by atoms with E-state index in [-0.39, 0.29) is 11.3 Å². The predicted molar refractivity (Wildman–Crippen MR) is 94.4 cm³/mol. The van der Waals surface area contributed by atoms with Gasteiger partial charge in [-0.1, -0.05) is 27.5 Å². The van der Waals surface area contributed by atoms with Crippen molar-refractivity contribution in [2.24, 2.45) is 0 Å². The van der Waals surface area contributed by atoms with Gasteiger partial charge >= 0.3 is 5.97 Å². The number of benzene rings is 2. The van der Waals surface area contributed by atoms with Crippen molar-refractivity contribution in [2.75, 3.05) is 4.90 Å². The van der Waals surface area contributed by atoms with Crippen molar-refractivity contribution in [3.8, 4) is 5.75 Å². The van der Waals surface area contributed by atoms with Crippen LogP contribution in [0, 0.1) is 0 Å². The molecule has 0 aliphatic carbocycles. The molecule has 0 atom stereocenters. The standard InChI is InChI=1S/C17H13BrClNO4/c1-10(21)20(14-6-3-12(18)4-7-14)17(23)15-8-5-13(19)9-16(15)24-11(2)22/h3-9H,1-2H3. The number of ether oxygens (including phenoxy) is 1. The fourth-order valence-corrected chi connectivity index (χ4v) is 2.49. The van der Waals surface area contributed by atoms with Gasteiger partial charge in [-0.25, -0.2) is 4.90 Å². The molecule has 0 spiro atoms. The Morgan fingerprint density at radius 1 is 1.04 bits per heavy atom. The van der Waals surface area contributed by atoms with Crippen molar-refractivity contribution in [1.29, 1.82) is 0 Å². The zero-order chi connectivity index (χ0) is 17.9. The average molecular weight is 411 g/mol. The summed E-state index contributed by atoms with van der Waals surface area (Å²) in [6.07, 6.45) is 0. The van der Waals surface area contributed by atoms with E-state index >= 15 is 0 Å². The highest BCUT2D eigenvalue weighted by molar-refractivity contribution is 9.10. The van der Waals surface area contributed by atoms with E-state index in [0.29, 0.717) is 10.7 Å². The molecule has 0 saturated heterocycles. The Hall–Kier alpha value is -2.18. The first kappa shape index (κ1) is 18.2. The zero-order valence-electron chi connectivity index (χ0n) is 12.9. The topological polar surface area (TPSA) is 63.7 Å². The maximum atomic E-state index is 12.8. The number of anilines is 1. The minimum atomic E-state index is -0.613. The van der Waals surface area contributed by atoms with E-state index in [4.69, 9.17) is 16.3 Å². The molecule has 0 radical (unpaired) electrons. The monoisotopic (exact) mass is 409 g/mol. The summed E-state index contributed by atoms with van der Waals surface area (Å²) < 4.78 is 5.86. The summed E-state index contributed by atoms with van der Waals surface area (Å²) in [6.45, 7) is 2.49. The predicted octanol–water partition coefficient (Wildman–Crippen LogP) is 4.22. The molecule has 0 saturated carbocycles. The summed E-state index contributed by atoms with van der Waals surface area (Å²) in [7, 11) is 0. The highest BCUT2D eigenvalue weighted by Gasteiger charge is 2.25. The Morgan fingerprint density at radius 3 is 2.21 bits per heavy atom. The van der Waals surface area contributed by atoms with Gasteiger partial charge in [-0.05, 0) is 36.4 Å². The van der Waals surface area contributed by atoms with Gasteiger partial charge in [0.15, 0.2) is 0 Å². The van der Waals surface area contributed by atoms with Gasteiger partial charge in [-0.2, -0.15) is 0 Å². The van der Waals surface area contributed by atoms with Gasteiger partial charge < -0.3 is 4.74 Å². The van der Waals surface area contributed by atoms with Gasteiger partial charge in [0.2, 0.25) is 5.91 Å². The van der Waals surface area contributed by atoms with Gasteiger partial charge in [0.1, 0.15) is 5.75 Å². The van der Waals surface area contributed by atoms with E-state index in [9.17, 15) is 14.4 Å². The number of halogens is 2. The first-order valence-electron chi connectivity index (χ1n) is 6.88. The van der Waals surface area contributed by atoms with Crippen LogP contribution < -0.4 is 9.64 Å². The fraction of sp³-hybridized carbons (Fsp3) is 0.118. The van der Waals surface area contributed by atoms with Crippen molar-refractivity contribution in [3.05, 3.63) is 57.5 Å². The van der Waals surface area contributed by atoms with E-state index in [0.717, 1.165) is 9.37 Å². The average Bonchev–Trinajstić information content (AvgIpc) is 2.48. The van der Waals surface area contributed by atoms with Gasteiger partial charge in [-0.15, -0.1) is 0 Å². The van der Waals surface area contributed by atoms with Crippen molar-refractivity contribution >= 4 is 51.0 Å². The molecule has 2 aromatic rings. The van der Waals surface area contributed by atoms with Crippen LogP contribution in [0.5, 0.6) is 5.75 Å². The third-order valence-corrected chi connectivity index (χ3v) is 3.79. The summed E-state index contributed by atoms with van der Waals surface area (Å²) in [5.41, 5.74) is 0.465. The van der Waals surface area contributed by atoms with Gasteiger partial charge in [0.25, 0.3) is 5.91 Å². The van der Waals surface area contributed by atoms with E-state index in [1.165, 1.54) is 32.0 Å². The molecule has 0 N–H and O–H groups in total. The molecule has 2 amide bonds. The van der Waals surface area contributed by atoms with E-state index in [1.54, 1.807) is 24.3 Å². The molecule has 0 aliphatic rings. The molecular weight excluding hydrogens is 398 g/mol. The Balaban J connectivity index is 2.49. The van der Waals surface area contributed by atoms with Gasteiger partial charge in [-0.3, -0.25) is 14.4 Å². The van der Waals surface area contributed by atoms with E-state index < -0.39 is 17.8 Å². The van der Waals surface area contributed by atoms with Crippen molar-refractivity contribution in [1.82, 2.24) is 0 Å². The molecule has 2 rings (SSSR count). The lowest BCUT2D eigenvalue weighted by atomic mass is 10.1. The number of hydrogen-bond donors (Lipinski definition) is 0. The Kier molecular flexibility index (Phi) is 5.75. The van der Waals surface area contributed by atoms with E-state index in [1.807, 2.05) is 0 Å². The van der Waals surface area contributed by atoms with Gasteiger partial charge in [0, 0.05) is 29.4 Å². The maximum absolute atomic E-state index is 12.8. The molecule has 0 unspecified atom stereocenters. The van der Waals surface area contributed by atoms with Crippen LogP contribution in [0.4, 0.5) is 5.69 Å². The highest BCUT2D eigenvalue weighted by atomic mass is 79.9. The summed E-state index contributed by atoms with van der Waals surface area (Å²) in [5, 5.41) is 0.306. The van der Waals surface area contributed by atoms with Crippen LogP contribution >= 0.6 is 27.5 Å². The lowest BCUT2D eigenvalue weighted by Gasteiger charge is -2.20. The van der Waals surface area contributed by atoms with E-state index in [2.05, 4.69) is 15.9 Å². The number of carbonyl (C=O) groups is 3. The third-order valence-electron chi connectivity index (χ3n) is 3.03. The molecule has 24 heavy (non-hydrogen) atoms. The van der Waals surface area contributed by atoms with Crippen molar-refractivity contribution in [3.63, 3.8) is 0 Å². The fourth-order valence-electron chi connectivity index (χ4n) is 2.06.